The third-order valence-electron chi connectivity index (χ3n) is 3.99. The summed E-state index contributed by atoms with van der Waals surface area (Å²) in [6.45, 7) is 5.46. The molecule has 0 aliphatic rings. The van der Waals surface area contributed by atoms with Gasteiger partial charge in [0.1, 0.15) is 5.82 Å². The molecule has 0 unspecified atom stereocenters. The van der Waals surface area contributed by atoms with Crippen molar-refractivity contribution < 1.29 is 13.9 Å². The number of hydrogen-bond acceptors (Lipinski definition) is 3. The summed E-state index contributed by atoms with van der Waals surface area (Å²) in [6.07, 6.45) is 0. The van der Waals surface area contributed by atoms with Crippen molar-refractivity contribution in [3.05, 3.63) is 63.2 Å². The second-order valence-electron chi connectivity index (χ2n) is 5.65. The highest BCUT2D eigenvalue weighted by Gasteiger charge is 2.14. The van der Waals surface area contributed by atoms with Crippen LogP contribution in [0.3, 0.4) is 0 Å². The third-order valence-corrected chi connectivity index (χ3v) is 5.45. The lowest BCUT2D eigenvalue weighted by atomic mass is 10.2. The van der Waals surface area contributed by atoms with Crippen LogP contribution >= 0.6 is 22.9 Å². The summed E-state index contributed by atoms with van der Waals surface area (Å²) >= 11 is 7.64. The number of ether oxygens (including phenoxy) is 1. The van der Waals surface area contributed by atoms with E-state index in [1.54, 1.807) is 12.1 Å². The third kappa shape index (κ3) is 3.72. The van der Waals surface area contributed by atoms with E-state index in [2.05, 4.69) is 4.99 Å². The molecule has 1 aromatic heterocycles. The van der Waals surface area contributed by atoms with Crippen molar-refractivity contribution in [2.24, 2.45) is 4.99 Å². The lowest BCUT2D eigenvalue weighted by Gasteiger charge is -2.08. The normalized spacial score (nSPS) is 12.1. The molecular formula is C19H18ClFN2O2S. The average molecular weight is 393 g/mol. The Morgan fingerprint density at radius 3 is 2.81 bits per heavy atom. The molecule has 3 aromatic rings. The van der Waals surface area contributed by atoms with Gasteiger partial charge in [-0.3, -0.25) is 4.79 Å². The van der Waals surface area contributed by atoms with E-state index >= 15 is 0 Å². The van der Waals surface area contributed by atoms with E-state index in [0.29, 0.717) is 29.6 Å². The quantitative estimate of drug-likeness (QED) is 0.596. The summed E-state index contributed by atoms with van der Waals surface area (Å²) in [5, 5.41) is 0.646. The molecule has 7 heteroatoms. The second-order valence-corrected chi connectivity index (χ2v) is 7.07. The van der Waals surface area contributed by atoms with Gasteiger partial charge in [-0.1, -0.05) is 35.1 Å². The van der Waals surface area contributed by atoms with Gasteiger partial charge in [0.05, 0.1) is 22.4 Å². The Bertz CT molecular complexity index is 1030. The van der Waals surface area contributed by atoms with E-state index in [9.17, 15) is 9.18 Å². The Morgan fingerprint density at radius 2 is 2.08 bits per heavy atom. The van der Waals surface area contributed by atoms with E-state index in [1.807, 2.05) is 30.5 Å². The number of hydrogen-bond donors (Lipinski definition) is 0. The topological polar surface area (TPSA) is 43.6 Å². The predicted molar refractivity (Wildman–Crippen MR) is 102 cm³/mol. The van der Waals surface area contributed by atoms with E-state index in [-0.39, 0.29) is 5.56 Å². The van der Waals surface area contributed by atoms with Crippen molar-refractivity contribution >= 4 is 39.1 Å². The van der Waals surface area contributed by atoms with Crippen LogP contribution in [0.5, 0.6) is 0 Å². The maximum Gasteiger partial charge on any atom is 0.282 e. The molecule has 1 amide bonds. The van der Waals surface area contributed by atoms with Gasteiger partial charge in [0.2, 0.25) is 0 Å². The lowest BCUT2D eigenvalue weighted by molar-refractivity contribution is 0.0993. The number of amides is 1. The molecule has 0 spiro atoms. The van der Waals surface area contributed by atoms with Gasteiger partial charge < -0.3 is 9.30 Å². The molecule has 0 aliphatic carbocycles. The zero-order chi connectivity index (χ0) is 18.7. The van der Waals surface area contributed by atoms with Crippen molar-refractivity contribution in [1.82, 2.24) is 4.57 Å². The van der Waals surface area contributed by atoms with Crippen molar-refractivity contribution in [3.63, 3.8) is 0 Å². The Balaban J connectivity index is 2.15. The number of halogens is 2. The molecule has 4 nitrogen and oxygen atoms in total. The molecule has 0 radical (unpaired) electrons. The van der Waals surface area contributed by atoms with E-state index < -0.39 is 11.7 Å². The van der Waals surface area contributed by atoms with Crippen LogP contribution in [0.2, 0.25) is 5.02 Å². The smallest absolute Gasteiger partial charge is 0.282 e. The molecule has 0 aliphatic heterocycles. The standard InChI is InChI=1S/C19H18ClFN2O2S/c1-3-25-11-10-23-17-12(2)14(20)8-9-16(17)26-19(23)22-18(24)13-6-4-5-7-15(13)21/h4-9H,3,10-11H2,1-2H3. The number of carbonyl (C=O) groups excluding carboxylic acids is 1. The predicted octanol–water partition coefficient (Wildman–Crippen LogP) is 4.58. The fraction of sp³-hybridized carbons (Fsp3) is 0.263. The number of fused-ring (bicyclic) bond motifs is 1. The Kier molecular flexibility index (Phi) is 5.86. The molecule has 26 heavy (non-hydrogen) atoms. The number of thiazole rings is 1. The van der Waals surface area contributed by atoms with Gasteiger partial charge in [0.25, 0.3) is 5.91 Å². The number of aryl methyl sites for hydroxylation is 1. The highest BCUT2D eigenvalue weighted by atomic mass is 35.5. The maximum atomic E-state index is 13.9. The van der Waals surface area contributed by atoms with Crippen LogP contribution in [0.4, 0.5) is 4.39 Å². The van der Waals surface area contributed by atoms with E-state index in [1.165, 1.54) is 23.5 Å². The molecule has 0 atom stereocenters. The van der Waals surface area contributed by atoms with Crippen LogP contribution in [-0.2, 0) is 11.3 Å². The van der Waals surface area contributed by atoms with Gasteiger partial charge in [-0.2, -0.15) is 4.99 Å². The molecule has 0 N–H and O–H groups in total. The molecule has 3 rings (SSSR count). The minimum atomic E-state index is -0.608. The van der Waals surface area contributed by atoms with Gasteiger partial charge in [-0.25, -0.2) is 4.39 Å². The summed E-state index contributed by atoms with van der Waals surface area (Å²) in [5.41, 5.74) is 1.79. The fourth-order valence-corrected chi connectivity index (χ4v) is 3.96. The molecular weight excluding hydrogens is 375 g/mol. The highest BCUT2D eigenvalue weighted by molar-refractivity contribution is 7.16. The number of benzene rings is 2. The van der Waals surface area contributed by atoms with Crippen LogP contribution in [0.25, 0.3) is 10.2 Å². The summed E-state index contributed by atoms with van der Waals surface area (Å²) in [4.78, 5) is 17.2. The first-order valence-corrected chi connectivity index (χ1v) is 9.42. The van der Waals surface area contributed by atoms with Crippen LogP contribution in [0.1, 0.15) is 22.8 Å². The van der Waals surface area contributed by atoms with E-state index in [0.717, 1.165) is 15.8 Å². The van der Waals surface area contributed by atoms with Gasteiger partial charge in [-0.15, -0.1) is 0 Å². The van der Waals surface area contributed by atoms with Crippen molar-refractivity contribution in [1.29, 1.82) is 0 Å². The SMILES string of the molecule is CCOCCn1c(=NC(=O)c2ccccc2F)sc2ccc(Cl)c(C)c21. The first-order valence-electron chi connectivity index (χ1n) is 8.22. The summed E-state index contributed by atoms with van der Waals surface area (Å²) in [5.74, 6) is -1.19. The van der Waals surface area contributed by atoms with Crippen molar-refractivity contribution in [3.8, 4) is 0 Å². The van der Waals surface area contributed by atoms with Crippen molar-refractivity contribution in [2.75, 3.05) is 13.2 Å². The Morgan fingerprint density at radius 1 is 1.31 bits per heavy atom. The zero-order valence-corrected chi connectivity index (χ0v) is 16.0. The van der Waals surface area contributed by atoms with Gasteiger partial charge in [0, 0.05) is 18.2 Å². The van der Waals surface area contributed by atoms with Gasteiger partial charge >= 0.3 is 0 Å². The highest BCUT2D eigenvalue weighted by Crippen LogP contribution is 2.27. The number of nitrogens with zero attached hydrogens (tertiary/aromatic N) is 2. The fourth-order valence-electron chi connectivity index (χ4n) is 2.69. The zero-order valence-electron chi connectivity index (χ0n) is 14.5. The molecule has 136 valence electrons. The monoisotopic (exact) mass is 392 g/mol. The first kappa shape index (κ1) is 18.8. The largest absolute Gasteiger partial charge is 0.380 e. The summed E-state index contributed by atoms with van der Waals surface area (Å²) in [7, 11) is 0. The van der Waals surface area contributed by atoms with Crippen LogP contribution in [0, 0.1) is 12.7 Å². The van der Waals surface area contributed by atoms with E-state index in [4.69, 9.17) is 16.3 Å². The Hall–Kier alpha value is -2.02. The maximum absolute atomic E-state index is 13.9. The molecule has 0 saturated carbocycles. The van der Waals surface area contributed by atoms with Gasteiger partial charge in [-0.05, 0) is 43.7 Å². The first-order chi connectivity index (χ1) is 12.5. The summed E-state index contributed by atoms with van der Waals surface area (Å²) in [6, 6.07) is 9.56. The molecule has 0 saturated heterocycles. The average Bonchev–Trinajstić information content (AvgIpc) is 2.97. The molecule has 1 heterocycles. The van der Waals surface area contributed by atoms with Crippen LogP contribution in [-0.4, -0.2) is 23.7 Å². The second kappa shape index (κ2) is 8.12. The minimum absolute atomic E-state index is 0.0453. The minimum Gasteiger partial charge on any atom is -0.380 e. The molecule has 0 fully saturated rings. The molecule has 0 bridgehead atoms. The number of carbonyl (C=O) groups is 1. The number of rotatable bonds is 5. The number of aromatic nitrogens is 1. The summed E-state index contributed by atoms with van der Waals surface area (Å²) < 4.78 is 22.2. The Labute approximate surface area is 159 Å². The van der Waals surface area contributed by atoms with Gasteiger partial charge in [0.15, 0.2) is 4.80 Å². The van der Waals surface area contributed by atoms with Crippen LogP contribution < -0.4 is 4.80 Å². The molecule has 2 aromatic carbocycles. The van der Waals surface area contributed by atoms with Crippen molar-refractivity contribution in [2.45, 2.75) is 20.4 Å². The lowest BCUT2D eigenvalue weighted by Crippen LogP contribution is -2.20. The van der Waals surface area contributed by atoms with Crippen LogP contribution in [0.15, 0.2) is 41.4 Å².